The van der Waals surface area contributed by atoms with Crippen LogP contribution < -0.4 is 31.1 Å². The molecule has 0 saturated carbocycles. The molecule has 268 valence electrons. The van der Waals surface area contributed by atoms with Crippen molar-refractivity contribution >= 4 is 49.3 Å². The van der Waals surface area contributed by atoms with Crippen LogP contribution in [0.15, 0.2) is 24.3 Å². The number of carbonyl (C=O) groups excluding carboxylic acids is 5. The molecule has 0 aromatic heterocycles. The lowest BCUT2D eigenvalue weighted by atomic mass is 10.0. The van der Waals surface area contributed by atoms with Crippen LogP contribution in [0.5, 0.6) is 5.75 Å². The Balaban J connectivity index is 3.20. The Morgan fingerprint density at radius 3 is 1.81 bits per heavy atom. The molecule has 0 aliphatic heterocycles. The third-order valence-electron chi connectivity index (χ3n) is 6.38. The number of aliphatic carboxylic acids is 2. The van der Waals surface area contributed by atoms with Crippen LogP contribution in [0.2, 0.25) is 0 Å². The summed E-state index contributed by atoms with van der Waals surface area (Å²) in [5, 5.41) is 39.9. The van der Waals surface area contributed by atoms with Crippen LogP contribution in [0.1, 0.15) is 52.5 Å². The molecule has 0 heterocycles. The van der Waals surface area contributed by atoms with Gasteiger partial charge in [-0.3, -0.25) is 43.3 Å². The van der Waals surface area contributed by atoms with Gasteiger partial charge in [0.05, 0.1) is 6.10 Å². The van der Waals surface area contributed by atoms with Gasteiger partial charge in [-0.15, -0.1) is 0 Å². The summed E-state index contributed by atoms with van der Waals surface area (Å²) in [4.78, 5) is 104. The third kappa shape index (κ3) is 16.3. The van der Waals surface area contributed by atoms with E-state index >= 15 is 0 Å². The van der Waals surface area contributed by atoms with Crippen LogP contribution in [-0.4, -0.2) is 103 Å². The molecule has 0 aliphatic carbocycles. The van der Waals surface area contributed by atoms with Gasteiger partial charge in [-0.05, 0) is 43.4 Å². The molecular weight excluding hydrogens is 661 g/mol. The zero-order valence-electron chi connectivity index (χ0n) is 26.7. The van der Waals surface area contributed by atoms with E-state index < -0.39 is 99.0 Å². The van der Waals surface area contributed by atoms with Gasteiger partial charge in [-0.2, -0.15) is 0 Å². The Hall–Kier alpha value is -4.58. The molecule has 48 heavy (non-hydrogen) atoms. The van der Waals surface area contributed by atoms with E-state index in [1.54, 1.807) is 13.8 Å². The Morgan fingerprint density at radius 2 is 1.33 bits per heavy atom. The molecule has 0 fully saturated rings. The third-order valence-corrected chi connectivity index (χ3v) is 6.83. The number of phosphoric ester groups is 1. The van der Waals surface area contributed by atoms with Crippen LogP contribution in [0, 0.1) is 5.92 Å². The average molecular weight is 704 g/mol. The fourth-order valence-electron chi connectivity index (χ4n) is 4.23. The average Bonchev–Trinajstić information content (AvgIpc) is 2.95. The van der Waals surface area contributed by atoms with Crippen molar-refractivity contribution in [2.45, 2.75) is 83.6 Å². The SMILES string of the molecule is CC(=O)N[C@@H](Cc1ccc(OP(=O)(O)O)cc1)C(=O)N[C@@H](CCC(=O)O)C(=O)N[C@H](C(=O)N[C@@H](CC(C)C)C(=O)NCC(=O)O)[C@@H](C)O. The predicted molar refractivity (Wildman–Crippen MR) is 165 cm³/mol. The number of benzene rings is 1. The largest absolute Gasteiger partial charge is 0.524 e. The number of phosphoric acid groups is 1. The molecule has 1 aromatic carbocycles. The van der Waals surface area contributed by atoms with Crippen molar-refractivity contribution in [3.63, 3.8) is 0 Å². The van der Waals surface area contributed by atoms with Crippen molar-refractivity contribution in [1.29, 1.82) is 0 Å². The summed E-state index contributed by atoms with van der Waals surface area (Å²) < 4.78 is 15.5. The summed E-state index contributed by atoms with van der Waals surface area (Å²) in [6.07, 6.45) is -2.77. The number of amides is 5. The van der Waals surface area contributed by atoms with Crippen LogP contribution in [-0.2, 0) is 44.5 Å². The maximum atomic E-state index is 13.3. The van der Waals surface area contributed by atoms with Gasteiger partial charge < -0.3 is 46.4 Å². The Bertz CT molecular complexity index is 1360. The highest BCUT2D eigenvalue weighted by Gasteiger charge is 2.34. The number of nitrogens with one attached hydrogen (secondary N) is 5. The maximum Gasteiger partial charge on any atom is 0.524 e. The van der Waals surface area contributed by atoms with E-state index in [2.05, 4.69) is 31.1 Å². The molecule has 0 unspecified atom stereocenters. The van der Waals surface area contributed by atoms with Gasteiger partial charge in [0, 0.05) is 19.8 Å². The van der Waals surface area contributed by atoms with E-state index in [0.29, 0.717) is 5.56 Å². The van der Waals surface area contributed by atoms with Gasteiger partial charge in [0.2, 0.25) is 29.5 Å². The molecule has 0 radical (unpaired) electrons. The number of carboxylic acids is 2. The van der Waals surface area contributed by atoms with E-state index in [1.165, 1.54) is 24.3 Å². The topological polar surface area (TPSA) is 307 Å². The van der Waals surface area contributed by atoms with Crippen molar-refractivity contribution in [2.24, 2.45) is 5.92 Å². The Kier molecular flexibility index (Phi) is 16.7. The second kappa shape index (κ2) is 19.3. The summed E-state index contributed by atoms with van der Waals surface area (Å²) in [6.45, 7) is 5.02. The minimum absolute atomic E-state index is 0.0684. The Morgan fingerprint density at radius 1 is 0.771 bits per heavy atom. The number of hydrogen-bond acceptors (Lipinski definition) is 10. The molecule has 0 aliphatic rings. The second-order valence-electron chi connectivity index (χ2n) is 11.2. The molecule has 20 heteroatoms. The molecule has 10 N–H and O–H groups in total. The zero-order valence-corrected chi connectivity index (χ0v) is 27.6. The molecule has 0 spiro atoms. The number of rotatable bonds is 20. The van der Waals surface area contributed by atoms with Crippen molar-refractivity contribution in [3.05, 3.63) is 29.8 Å². The lowest BCUT2D eigenvalue weighted by molar-refractivity contribution is -0.140. The van der Waals surface area contributed by atoms with Gasteiger partial charge >= 0.3 is 19.8 Å². The molecule has 1 rings (SSSR count). The summed E-state index contributed by atoms with van der Waals surface area (Å²) in [7, 11) is -4.83. The molecule has 0 saturated heterocycles. The van der Waals surface area contributed by atoms with E-state index in [4.69, 9.17) is 14.9 Å². The molecule has 5 amide bonds. The number of aliphatic hydroxyl groups excluding tert-OH is 1. The standard InChI is InChI=1S/C28H42N5O14P/c1-14(2)11-20(25(40)29-13-23(38)39)32-28(43)24(15(3)34)33-26(41)19(9-10-22(36)37)31-27(42)21(30-16(4)35)12-17-5-7-18(8-6-17)47-48(44,45)46/h5-8,14-15,19-21,24,34H,9-13H2,1-4H3,(H,29,40)(H,30,35)(H,31,42)(H,32,43)(H,33,41)(H,36,37)(H,38,39)(H2,44,45,46)/t15-,19+,20+,21+,24+/m1/s1. The molecule has 0 bridgehead atoms. The first-order valence-corrected chi connectivity index (χ1v) is 16.1. The van der Waals surface area contributed by atoms with Gasteiger partial charge in [0.25, 0.3) is 0 Å². The van der Waals surface area contributed by atoms with E-state index in [9.17, 15) is 48.3 Å². The van der Waals surface area contributed by atoms with Crippen LogP contribution >= 0.6 is 7.82 Å². The number of carboxylic acid groups (broad SMARTS) is 2. The summed E-state index contributed by atoms with van der Waals surface area (Å²) in [6, 6.07) is -0.718. The normalized spacial score (nSPS) is 14.3. The fraction of sp³-hybridized carbons (Fsp3) is 0.536. The highest BCUT2D eigenvalue weighted by molar-refractivity contribution is 7.46. The quantitative estimate of drug-likeness (QED) is 0.0667. The molecular formula is C28H42N5O14P. The van der Waals surface area contributed by atoms with Crippen molar-refractivity contribution in [3.8, 4) is 5.75 Å². The zero-order chi connectivity index (χ0) is 36.8. The lowest BCUT2D eigenvalue weighted by Crippen LogP contribution is -2.61. The summed E-state index contributed by atoms with van der Waals surface area (Å²) in [5.41, 5.74) is 0.391. The first kappa shape index (κ1) is 41.4. The van der Waals surface area contributed by atoms with Gasteiger partial charge in [0.15, 0.2) is 0 Å². The first-order valence-electron chi connectivity index (χ1n) is 14.6. The second-order valence-corrected chi connectivity index (χ2v) is 12.4. The number of aliphatic hydroxyl groups is 1. The predicted octanol–water partition coefficient (Wildman–Crippen LogP) is -1.85. The van der Waals surface area contributed by atoms with Gasteiger partial charge in [-0.1, -0.05) is 26.0 Å². The first-order chi connectivity index (χ1) is 22.2. The van der Waals surface area contributed by atoms with Crippen LogP contribution in [0.3, 0.4) is 0 Å². The highest BCUT2D eigenvalue weighted by atomic mass is 31.2. The van der Waals surface area contributed by atoms with Crippen LogP contribution in [0.4, 0.5) is 0 Å². The van der Waals surface area contributed by atoms with Crippen molar-refractivity contribution < 1.29 is 67.8 Å². The smallest absolute Gasteiger partial charge is 0.481 e. The summed E-state index contributed by atoms with van der Waals surface area (Å²) in [5.74, 6) is -7.49. The lowest BCUT2D eigenvalue weighted by Gasteiger charge is -2.28. The van der Waals surface area contributed by atoms with Gasteiger partial charge in [-0.25, -0.2) is 4.57 Å². The van der Waals surface area contributed by atoms with Crippen molar-refractivity contribution in [2.75, 3.05) is 6.54 Å². The molecule has 5 atom stereocenters. The van der Waals surface area contributed by atoms with E-state index in [-0.39, 0.29) is 24.5 Å². The van der Waals surface area contributed by atoms with Crippen LogP contribution in [0.25, 0.3) is 0 Å². The Labute approximate surface area is 275 Å². The number of hydrogen-bond donors (Lipinski definition) is 10. The van der Waals surface area contributed by atoms with E-state index in [1.807, 2.05) is 0 Å². The highest BCUT2D eigenvalue weighted by Crippen LogP contribution is 2.37. The molecule has 1 aromatic rings. The summed E-state index contributed by atoms with van der Waals surface area (Å²) >= 11 is 0. The number of carbonyl (C=O) groups is 7. The minimum atomic E-state index is -4.83. The van der Waals surface area contributed by atoms with Gasteiger partial charge in [0.1, 0.15) is 36.5 Å². The minimum Gasteiger partial charge on any atom is -0.481 e. The molecule has 19 nitrogen and oxygen atoms in total. The fourth-order valence-corrected chi connectivity index (χ4v) is 4.63. The maximum absolute atomic E-state index is 13.3. The van der Waals surface area contributed by atoms with Crippen molar-refractivity contribution in [1.82, 2.24) is 26.6 Å². The monoisotopic (exact) mass is 703 g/mol. The van der Waals surface area contributed by atoms with E-state index in [0.717, 1.165) is 13.8 Å².